The van der Waals surface area contributed by atoms with Crippen molar-refractivity contribution >= 4 is 23.2 Å². The summed E-state index contributed by atoms with van der Waals surface area (Å²) in [5, 5.41) is 7.39. The molecule has 122 valence electrons. The first-order valence-electron chi connectivity index (χ1n) is 7.36. The lowest BCUT2D eigenvalue weighted by Gasteiger charge is -2.11. The summed E-state index contributed by atoms with van der Waals surface area (Å²) in [7, 11) is 0. The zero-order chi connectivity index (χ0) is 16.6. The Hall–Kier alpha value is -1.95. The van der Waals surface area contributed by atoms with Gasteiger partial charge in [-0.1, -0.05) is 17.7 Å². The highest BCUT2D eigenvalue weighted by molar-refractivity contribution is 6.31. The van der Waals surface area contributed by atoms with Crippen molar-refractivity contribution in [2.75, 3.05) is 5.32 Å². The average Bonchev–Trinajstić information content (AvgIpc) is 3.25. The Morgan fingerprint density at radius 3 is 2.87 bits per heavy atom. The number of carbonyl (C=O) groups is 1. The molecule has 0 atom stereocenters. The minimum atomic E-state index is -2.66. The zero-order valence-electron chi connectivity index (χ0n) is 12.5. The smallest absolute Gasteiger partial charge is 0.280 e. The molecule has 3 rings (SSSR count). The third-order valence-electron chi connectivity index (χ3n) is 3.88. The molecule has 1 saturated carbocycles. The van der Waals surface area contributed by atoms with E-state index in [-0.39, 0.29) is 18.2 Å². The van der Waals surface area contributed by atoms with Crippen LogP contribution in [0.4, 0.5) is 14.5 Å². The van der Waals surface area contributed by atoms with Gasteiger partial charge in [-0.15, -0.1) is 0 Å². The lowest BCUT2D eigenvalue weighted by molar-refractivity contribution is -0.117. The number of rotatable bonds is 5. The first kappa shape index (κ1) is 15.9. The van der Waals surface area contributed by atoms with Gasteiger partial charge < -0.3 is 5.32 Å². The number of anilines is 1. The van der Waals surface area contributed by atoms with Crippen molar-refractivity contribution in [1.29, 1.82) is 0 Å². The molecule has 1 fully saturated rings. The van der Waals surface area contributed by atoms with E-state index in [2.05, 4.69) is 10.4 Å². The fourth-order valence-corrected chi connectivity index (χ4v) is 2.58. The molecule has 1 aliphatic rings. The molecular formula is C16H16ClF2N3O. The van der Waals surface area contributed by atoms with E-state index in [1.807, 2.05) is 0 Å². The largest absolute Gasteiger partial charge is 0.324 e. The fraction of sp³-hybridized carbons (Fsp3) is 0.375. The third-order valence-corrected chi connectivity index (χ3v) is 4.29. The average molecular weight is 340 g/mol. The van der Waals surface area contributed by atoms with Crippen LogP contribution < -0.4 is 5.32 Å². The topological polar surface area (TPSA) is 46.9 Å². The molecule has 1 heterocycles. The number of aromatic nitrogens is 2. The molecule has 1 N–H and O–H groups in total. The van der Waals surface area contributed by atoms with Gasteiger partial charge in [0.25, 0.3) is 6.43 Å². The molecule has 0 unspecified atom stereocenters. The highest BCUT2D eigenvalue weighted by atomic mass is 35.5. The Labute approximate surface area is 137 Å². The van der Waals surface area contributed by atoms with Gasteiger partial charge in [-0.2, -0.15) is 5.10 Å². The van der Waals surface area contributed by atoms with Crippen molar-refractivity contribution in [3.8, 4) is 0 Å². The number of hydrogen-bond donors (Lipinski definition) is 1. The van der Waals surface area contributed by atoms with Crippen molar-refractivity contribution in [3.05, 3.63) is 46.2 Å². The van der Waals surface area contributed by atoms with Gasteiger partial charge in [0.05, 0.1) is 5.69 Å². The van der Waals surface area contributed by atoms with Crippen LogP contribution in [0, 0.1) is 6.92 Å². The minimum absolute atomic E-state index is 0.218. The molecular weight excluding hydrogens is 324 g/mol. The summed E-state index contributed by atoms with van der Waals surface area (Å²) in [4.78, 5) is 12.2. The minimum Gasteiger partial charge on any atom is -0.324 e. The maximum atomic E-state index is 13.1. The summed E-state index contributed by atoms with van der Waals surface area (Å²) in [6.07, 6.45) is -0.725. The molecule has 23 heavy (non-hydrogen) atoms. The first-order valence-corrected chi connectivity index (χ1v) is 7.74. The molecule has 2 aromatic rings. The monoisotopic (exact) mass is 339 g/mol. The number of hydrogen-bond acceptors (Lipinski definition) is 2. The Kier molecular flexibility index (Phi) is 4.35. The van der Waals surface area contributed by atoms with Gasteiger partial charge in [-0.05, 0) is 43.5 Å². The molecule has 0 spiro atoms. The van der Waals surface area contributed by atoms with Crippen molar-refractivity contribution in [3.63, 3.8) is 0 Å². The summed E-state index contributed by atoms with van der Waals surface area (Å²) in [5.41, 5.74) is 1.73. The number of alkyl halides is 2. The molecule has 1 aliphatic carbocycles. The third kappa shape index (κ3) is 3.52. The molecule has 0 aliphatic heterocycles. The van der Waals surface area contributed by atoms with Crippen LogP contribution in [-0.4, -0.2) is 15.7 Å². The Morgan fingerprint density at radius 2 is 2.22 bits per heavy atom. The van der Waals surface area contributed by atoms with Crippen molar-refractivity contribution in [2.24, 2.45) is 0 Å². The number of nitrogens with one attached hydrogen (secondary N) is 1. The van der Waals surface area contributed by atoms with Gasteiger partial charge >= 0.3 is 0 Å². The first-order chi connectivity index (χ1) is 11.0. The number of nitrogens with zero attached hydrogens (tertiary/aromatic N) is 2. The Balaban J connectivity index is 1.76. The quantitative estimate of drug-likeness (QED) is 0.882. The van der Waals surface area contributed by atoms with Crippen LogP contribution in [0.1, 0.15) is 42.1 Å². The Morgan fingerprint density at radius 1 is 1.48 bits per heavy atom. The molecule has 0 bridgehead atoms. The van der Waals surface area contributed by atoms with Crippen LogP contribution in [0.3, 0.4) is 0 Å². The summed E-state index contributed by atoms with van der Waals surface area (Å²) in [5.74, 6) is -0.158. The van der Waals surface area contributed by atoms with Crippen molar-refractivity contribution < 1.29 is 13.6 Å². The van der Waals surface area contributed by atoms with Crippen molar-refractivity contribution in [2.45, 2.75) is 38.7 Å². The lowest BCUT2D eigenvalue weighted by Crippen LogP contribution is -2.21. The van der Waals surface area contributed by atoms with Gasteiger partial charge in [0, 0.05) is 16.6 Å². The van der Waals surface area contributed by atoms with E-state index in [4.69, 9.17) is 11.6 Å². The number of amides is 1. The van der Waals surface area contributed by atoms with Crippen LogP contribution in [0.15, 0.2) is 24.3 Å². The molecule has 0 saturated heterocycles. The second-order valence-corrected chi connectivity index (χ2v) is 6.09. The summed E-state index contributed by atoms with van der Waals surface area (Å²) < 4.78 is 27.3. The van der Waals surface area contributed by atoms with E-state index in [0.29, 0.717) is 16.4 Å². The maximum absolute atomic E-state index is 13.1. The molecule has 1 amide bonds. The number of benzene rings is 1. The van der Waals surface area contributed by atoms with Crippen LogP contribution >= 0.6 is 11.6 Å². The predicted octanol–water partition coefficient (Wildman–Crippen LogP) is 4.30. The molecule has 0 radical (unpaired) electrons. The van der Waals surface area contributed by atoms with E-state index in [0.717, 1.165) is 23.1 Å². The second kappa shape index (κ2) is 6.28. The van der Waals surface area contributed by atoms with Crippen LogP contribution in [-0.2, 0) is 11.3 Å². The van der Waals surface area contributed by atoms with Gasteiger partial charge in [0.15, 0.2) is 0 Å². The normalized spacial score (nSPS) is 14.3. The van der Waals surface area contributed by atoms with Gasteiger partial charge in [0.1, 0.15) is 12.2 Å². The summed E-state index contributed by atoms with van der Waals surface area (Å²) in [6, 6.07) is 6.55. The second-order valence-electron chi connectivity index (χ2n) is 5.69. The number of halogens is 3. The fourth-order valence-electron chi connectivity index (χ4n) is 2.40. The van der Waals surface area contributed by atoms with Crippen LogP contribution in [0.2, 0.25) is 5.02 Å². The zero-order valence-corrected chi connectivity index (χ0v) is 13.3. The van der Waals surface area contributed by atoms with Gasteiger partial charge in [0.2, 0.25) is 5.91 Å². The molecule has 1 aromatic heterocycles. The van der Waals surface area contributed by atoms with E-state index in [9.17, 15) is 13.6 Å². The molecule has 1 aromatic carbocycles. The lowest BCUT2D eigenvalue weighted by atomic mass is 10.2. The molecule has 4 nitrogen and oxygen atoms in total. The maximum Gasteiger partial charge on any atom is 0.280 e. The van der Waals surface area contributed by atoms with Gasteiger partial charge in [-0.25, -0.2) is 8.78 Å². The predicted molar refractivity (Wildman–Crippen MR) is 84.0 cm³/mol. The van der Waals surface area contributed by atoms with E-state index in [1.165, 1.54) is 6.07 Å². The van der Waals surface area contributed by atoms with Gasteiger partial charge in [-0.3, -0.25) is 9.48 Å². The highest BCUT2D eigenvalue weighted by Gasteiger charge is 2.29. The van der Waals surface area contributed by atoms with Crippen LogP contribution in [0.5, 0.6) is 0 Å². The summed E-state index contributed by atoms with van der Waals surface area (Å²) in [6.45, 7) is 1.53. The van der Waals surface area contributed by atoms with E-state index in [1.54, 1.807) is 25.1 Å². The molecule has 7 heteroatoms. The SMILES string of the molecule is Cc1c(Cl)cccc1NC(=O)Cn1nc(C2CC2)cc1C(F)F. The number of carbonyl (C=O) groups excluding carboxylic acids is 1. The standard InChI is InChI=1S/C16H16ClF2N3O/c1-9-11(17)3-2-4-12(9)20-15(23)8-22-14(16(18)19)7-13(21-22)10-5-6-10/h2-4,7,10,16H,5-6,8H2,1H3,(H,20,23). The summed E-state index contributed by atoms with van der Waals surface area (Å²) >= 11 is 6.00. The van der Waals surface area contributed by atoms with E-state index >= 15 is 0 Å². The Bertz CT molecular complexity index is 741. The van der Waals surface area contributed by atoms with E-state index < -0.39 is 12.3 Å². The highest BCUT2D eigenvalue weighted by Crippen LogP contribution is 2.40. The van der Waals surface area contributed by atoms with Crippen molar-refractivity contribution in [1.82, 2.24) is 9.78 Å². The van der Waals surface area contributed by atoms with Crippen LogP contribution in [0.25, 0.3) is 0 Å².